The monoisotopic (exact) mass is 570 g/mol. The standard InChI is InChI=1S/C28H34N4O7S/c1-20(35)31-24-8-6-7-21(15-24)11-12-22-16-23(17-30-27(22)29)28(38)32-40(39,13-4-2-9-25(36)18-33)14-5-3-10-26(37)19-34/h6-8,15-17,33-34H,2-5,9-10,13-14,18-19H2,1H3,(H2,29,30)(H,31,35). The van der Waals surface area contributed by atoms with Crippen LogP contribution in [0.25, 0.3) is 0 Å². The topological polar surface area (TPSA) is 189 Å². The van der Waals surface area contributed by atoms with Crippen LogP contribution in [0.15, 0.2) is 40.9 Å². The zero-order valence-corrected chi connectivity index (χ0v) is 23.2. The molecule has 0 saturated heterocycles. The number of hydrogen-bond donors (Lipinski definition) is 4. The normalized spacial score (nSPS) is 10.8. The molecule has 0 unspecified atom stereocenters. The summed E-state index contributed by atoms with van der Waals surface area (Å²) in [7, 11) is -3.04. The highest BCUT2D eigenvalue weighted by atomic mass is 32.2. The Labute approximate surface area is 233 Å². The van der Waals surface area contributed by atoms with E-state index in [1.807, 2.05) is 0 Å². The summed E-state index contributed by atoms with van der Waals surface area (Å²) in [5.74, 6) is 4.35. The number of nitrogens with zero attached hydrogens (tertiary/aromatic N) is 2. The highest BCUT2D eigenvalue weighted by Crippen LogP contribution is 2.15. The van der Waals surface area contributed by atoms with E-state index in [1.165, 1.54) is 19.2 Å². The molecule has 214 valence electrons. The van der Waals surface area contributed by atoms with Crippen LogP contribution in [0.1, 0.15) is 66.9 Å². The van der Waals surface area contributed by atoms with Crippen LogP contribution in [0.5, 0.6) is 0 Å². The van der Waals surface area contributed by atoms with Crippen molar-refractivity contribution in [3.05, 3.63) is 53.2 Å². The molecule has 2 aromatic rings. The molecular weight excluding hydrogens is 536 g/mol. The molecule has 0 bridgehead atoms. The second-order valence-corrected chi connectivity index (χ2v) is 11.6. The van der Waals surface area contributed by atoms with Crippen LogP contribution in [0, 0.1) is 11.8 Å². The summed E-state index contributed by atoms with van der Waals surface area (Å²) in [4.78, 5) is 51.1. The summed E-state index contributed by atoms with van der Waals surface area (Å²) >= 11 is 0. The third-order valence-electron chi connectivity index (χ3n) is 5.63. The Morgan fingerprint density at radius 1 is 0.975 bits per heavy atom. The molecule has 2 amide bonds. The van der Waals surface area contributed by atoms with Gasteiger partial charge in [0, 0.05) is 48.7 Å². The lowest BCUT2D eigenvalue weighted by atomic mass is 10.1. The van der Waals surface area contributed by atoms with Gasteiger partial charge in [0.2, 0.25) is 5.91 Å². The number of nitrogens with one attached hydrogen (secondary N) is 1. The Morgan fingerprint density at radius 2 is 1.60 bits per heavy atom. The number of Topliss-reactive ketones (excluding diaryl/α,β-unsaturated/α-hetero) is 2. The SMILES string of the molecule is CC(=O)Nc1cccc(C#Cc2cc(C(=O)N=S(=O)(CCCCC(=O)CO)CCCCC(=O)CO)cnc2N)c1. The summed E-state index contributed by atoms with van der Waals surface area (Å²) in [6.07, 6.45) is 2.95. The zero-order valence-electron chi connectivity index (χ0n) is 22.4. The van der Waals surface area contributed by atoms with Crippen molar-refractivity contribution >= 4 is 44.6 Å². The third kappa shape index (κ3) is 11.4. The quantitative estimate of drug-likeness (QED) is 0.195. The van der Waals surface area contributed by atoms with Gasteiger partial charge in [-0.15, -0.1) is 0 Å². The number of ketones is 2. The number of anilines is 2. The molecule has 0 fully saturated rings. The van der Waals surface area contributed by atoms with Gasteiger partial charge in [-0.1, -0.05) is 17.9 Å². The Morgan fingerprint density at radius 3 is 2.17 bits per heavy atom. The molecule has 0 aliphatic rings. The first-order valence-electron chi connectivity index (χ1n) is 12.7. The van der Waals surface area contributed by atoms with Gasteiger partial charge in [-0.3, -0.25) is 19.2 Å². The molecule has 0 radical (unpaired) electrons. The largest absolute Gasteiger partial charge is 0.389 e. The number of nitrogen functional groups attached to an aromatic ring is 1. The Hall–Kier alpha value is -3.92. The van der Waals surface area contributed by atoms with Gasteiger partial charge in [-0.2, -0.15) is 4.36 Å². The Balaban J connectivity index is 2.26. The smallest absolute Gasteiger partial charge is 0.286 e. The zero-order chi connectivity index (χ0) is 29.5. The molecule has 0 aliphatic heterocycles. The van der Waals surface area contributed by atoms with E-state index < -0.39 is 28.8 Å². The maximum Gasteiger partial charge on any atom is 0.286 e. The van der Waals surface area contributed by atoms with E-state index in [0.717, 1.165) is 0 Å². The highest BCUT2D eigenvalue weighted by Gasteiger charge is 2.16. The fourth-order valence-corrected chi connectivity index (χ4v) is 5.67. The average molecular weight is 571 g/mol. The van der Waals surface area contributed by atoms with E-state index in [1.54, 1.807) is 24.3 Å². The number of pyridine rings is 1. The van der Waals surface area contributed by atoms with Crippen LogP contribution in [0.2, 0.25) is 0 Å². The Bertz CT molecular complexity index is 1390. The summed E-state index contributed by atoms with van der Waals surface area (Å²) in [5.41, 5.74) is 7.43. The van der Waals surface area contributed by atoms with Crippen molar-refractivity contribution in [3.63, 3.8) is 0 Å². The second kappa shape index (κ2) is 16.2. The van der Waals surface area contributed by atoms with Crippen LogP contribution in [-0.2, 0) is 24.1 Å². The van der Waals surface area contributed by atoms with Gasteiger partial charge < -0.3 is 21.3 Å². The molecule has 0 atom stereocenters. The number of rotatable bonds is 14. The molecule has 1 aromatic carbocycles. The second-order valence-electron chi connectivity index (χ2n) is 9.05. The third-order valence-corrected chi connectivity index (χ3v) is 7.98. The lowest BCUT2D eigenvalue weighted by Crippen LogP contribution is -2.15. The van der Waals surface area contributed by atoms with Gasteiger partial charge in [-0.05, 0) is 49.9 Å². The predicted octanol–water partition coefficient (Wildman–Crippen LogP) is 2.09. The number of carbonyl (C=O) groups is 4. The van der Waals surface area contributed by atoms with Crippen molar-refractivity contribution in [2.24, 2.45) is 4.36 Å². The highest BCUT2D eigenvalue weighted by molar-refractivity contribution is 7.93. The lowest BCUT2D eigenvalue weighted by molar-refractivity contribution is -0.122. The van der Waals surface area contributed by atoms with Crippen LogP contribution >= 0.6 is 0 Å². The first-order chi connectivity index (χ1) is 19.0. The molecule has 40 heavy (non-hydrogen) atoms. The minimum Gasteiger partial charge on any atom is -0.389 e. The van der Waals surface area contributed by atoms with Crippen LogP contribution in [-0.4, -0.2) is 67.5 Å². The van der Waals surface area contributed by atoms with Crippen molar-refractivity contribution in [1.82, 2.24) is 4.98 Å². The maximum atomic E-state index is 13.6. The fourth-order valence-electron chi connectivity index (χ4n) is 3.56. The van der Waals surface area contributed by atoms with Crippen molar-refractivity contribution in [1.29, 1.82) is 0 Å². The lowest BCUT2D eigenvalue weighted by Gasteiger charge is -2.10. The van der Waals surface area contributed by atoms with Crippen molar-refractivity contribution < 1.29 is 33.6 Å². The summed E-state index contributed by atoms with van der Waals surface area (Å²) in [6.45, 7) is 0.271. The van der Waals surface area contributed by atoms with Gasteiger partial charge in [0.25, 0.3) is 5.91 Å². The van der Waals surface area contributed by atoms with Crippen LogP contribution in [0.4, 0.5) is 11.5 Å². The molecule has 1 heterocycles. The van der Waals surface area contributed by atoms with E-state index >= 15 is 0 Å². The molecule has 2 rings (SSSR count). The molecule has 0 aliphatic carbocycles. The molecule has 0 saturated carbocycles. The fraction of sp³-hybridized carbons (Fsp3) is 0.393. The molecule has 5 N–H and O–H groups in total. The van der Waals surface area contributed by atoms with E-state index in [4.69, 9.17) is 15.9 Å². The average Bonchev–Trinajstić information content (AvgIpc) is 2.92. The molecule has 11 nitrogen and oxygen atoms in total. The number of carbonyl (C=O) groups excluding carboxylic acids is 4. The molecular formula is C28H34N4O7S. The van der Waals surface area contributed by atoms with E-state index in [2.05, 4.69) is 26.5 Å². The first-order valence-corrected chi connectivity index (χ1v) is 14.6. The Kier molecular flexibility index (Phi) is 13.1. The summed E-state index contributed by atoms with van der Waals surface area (Å²) < 4.78 is 17.6. The number of aromatic nitrogens is 1. The minimum absolute atomic E-state index is 0.0455. The van der Waals surface area contributed by atoms with E-state index in [0.29, 0.717) is 36.9 Å². The van der Waals surface area contributed by atoms with Gasteiger partial charge in [0.15, 0.2) is 11.6 Å². The first kappa shape index (κ1) is 32.3. The van der Waals surface area contributed by atoms with Gasteiger partial charge in [0.05, 0.1) is 20.9 Å². The number of benzene rings is 1. The molecule has 0 spiro atoms. The molecule has 12 heteroatoms. The number of hydrogen-bond acceptors (Lipinski definition) is 9. The van der Waals surface area contributed by atoms with E-state index in [9.17, 15) is 23.4 Å². The number of unbranched alkanes of at least 4 members (excludes halogenated alkanes) is 2. The van der Waals surface area contributed by atoms with Crippen molar-refractivity contribution in [2.75, 3.05) is 35.8 Å². The predicted molar refractivity (Wildman–Crippen MR) is 152 cm³/mol. The van der Waals surface area contributed by atoms with Gasteiger partial charge >= 0.3 is 0 Å². The minimum atomic E-state index is -3.04. The number of nitrogens with two attached hydrogens (primary N) is 1. The van der Waals surface area contributed by atoms with Crippen LogP contribution in [0.3, 0.4) is 0 Å². The number of aliphatic hydroxyl groups excluding tert-OH is 2. The number of aliphatic hydroxyl groups is 2. The number of amides is 2. The van der Waals surface area contributed by atoms with E-state index in [-0.39, 0.29) is 58.8 Å². The van der Waals surface area contributed by atoms with Gasteiger partial charge in [-0.25, -0.2) is 9.19 Å². The van der Waals surface area contributed by atoms with Gasteiger partial charge in [0.1, 0.15) is 19.0 Å². The molecule has 1 aromatic heterocycles. The van der Waals surface area contributed by atoms with Crippen LogP contribution < -0.4 is 11.1 Å². The summed E-state index contributed by atoms with van der Waals surface area (Å²) in [5, 5.41) is 20.4. The summed E-state index contributed by atoms with van der Waals surface area (Å²) in [6, 6.07) is 8.28. The van der Waals surface area contributed by atoms with Crippen molar-refractivity contribution in [2.45, 2.75) is 45.4 Å². The maximum absolute atomic E-state index is 13.6. The van der Waals surface area contributed by atoms with Crippen molar-refractivity contribution in [3.8, 4) is 11.8 Å².